The van der Waals surface area contributed by atoms with E-state index < -0.39 is 6.03 Å². The molecule has 0 aliphatic rings. The predicted molar refractivity (Wildman–Crippen MR) is 95.6 cm³/mol. The van der Waals surface area contributed by atoms with Crippen molar-refractivity contribution in [1.82, 2.24) is 5.32 Å². The van der Waals surface area contributed by atoms with Crippen LogP contribution in [0.4, 0.5) is 4.79 Å². The Morgan fingerprint density at radius 3 is 1.83 bits per heavy atom. The van der Waals surface area contributed by atoms with Crippen molar-refractivity contribution >= 4 is 17.9 Å². The molecule has 0 spiro atoms. The lowest BCUT2D eigenvalue weighted by Gasteiger charge is -2.03. The highest BCUT2D eigenvalue weighted by Gasteiger charge is 2.01. The number of amides is 2. The van der Waals surface area contributed by atoms with Crippen molar-refractivity contribution in [2.75, 3.05) is 13.1 Å². The van der Waals surface area contributed by atoms with E-state index in [4.69, 9.17) is 5.73 Å². The van der Waals surface area contributed by atoms with Crippen molar-refractivity contribution in [3.8, 4) is 0 Å². The maximum atomic E-state index is 11.7. The van der Waals surface area contributed by atoms with Crippen molar-refractivity contribution in [3.63, 3.8) is 0 Å². The second-order valence-corrected chi connectivity index (χ2v) is 6.19. The average Bonchev–Trinajstić information content (AvgIpc) is 2.55. The molecule has 0 atom stereocenters. The van der Waals surface area contributed by atoms with Crippen molar-refractivity contribution < 1.29 is 14.4 Å². The van der Waals surface area contributed by atoms with E-state index in [1.165, 1.54) is 31.8 Å². The largest absolute Gasteiger partial charge is 0.352 e. The highest BCUT2D eigenvalue weighted by molar-refractivity contribution is 5.78. The van der Waals surface area contributed by atoms with Gasteiger partial charge in [-0.15, -0.1) is 0 Å². The van der Waals surface area contributed by atoms with Crippen LogP contribution in [0.1, 0.15) is 83.5 Å². The molecule has 2 amide bonds. The number of nitrogens with zero attached hydrogens (tertiary/aromatic N) is 1. The van der Waals surface area contributed by atoms with E-state index in [-0.39, 0.29) is 0 Å². The molecule has 3 N–H and O–H groups in total. The van der Waals surface area contributed by atoms with Crippen molar-refractivity contribution in [2.45, 2.75) is 83.5 Å². The summed E-state index contributed by atoms with van der Waals surface area (Å²) in [5.41, 5.74) is 4.98. The summed E-state index contributed by atoms with van der Waals surface area (Å²) in [7, 11) is 0. The molecule has 0 radical (unpaired) electrons. The summed E-state index contributed by atoms with van der Waals surface area (Å²) in [6, 6.07) is -0.448. The molecule has 0 heterocycles. The molecule has 0 saturated carbocycles. The minimum absolute atomic E-state index is 0.357. The molecule has 0 unspecified atom stereocenters. The Balaban J connectivity index is 3.19. The third-order valence-electron chi connectivity index (χ3n) is 3.97. The maximum absolute atomic E-state index is 11.7. The number of nitrogens with one attached hydrogen (secondary N) is 1. The van der Waals surface area contributed by atoms with E-state index in [1.807, 2.05) is 0 Å². The highest BCUT2D eigenvalue weighted by atomic mass is 16.2. The van der Waals surface area contributed by atoms with E-state index in [0.717, 1.165) is 44.9 Å². The topological polar surface area (TPSA) is 102 Å². The van der Waals surface area contributed by atoms with Crippen molar-refractivity contribution in [3.05, 3.63) is 0 Å². The zero-order valence-electron chi connectivity index (χ0n) is 14.9. The molecule has 0 aliphatic carbocycles. The molecule has 0 fully saturated rings. The number of carbonyl (C=O) groups is 2. The van der Waals surface area contributed by atoms with Crippen LogP contribution in [0.5, 0.6) is 0 Å². The molecule has 138 valence electrons. The van der Waals surface area contributed by atoms with Crippen molar-refractivity contribution in [2.24, 2.45) is 10.7 Å². The molecule has 0 rings (SSSR count). The summed E-state index contributed by atoms with van der Waals surface area (Å²) in [5.74, 6) is 0.357. The summed E-state index contributed by atoms with van der Waals surface area (Å²) in [5, 5.41) is 2.59. The molecule has 0 bridgehead atoms. The van der Waals surface area contributed by atoms with Gasteiger partial charge in [0.2, 0.25) is 6.08 Å². The van der Waals surface area contributed by atoms with Gasteiger partial charge >= 0.3 is 6.03 Å². The Morgan fingerprint density at radius 1 is 0.792 bits per heavy atom. The lowest BCUT2D eigenvalue weighted by atomic mass is 10.0. The van der Waals surface area contributed by atoms with Gasteiger partial charge in [-0.2, -0.15) is 0 Å². The Morgan fingerprint density at radius 2 is 1.29 bits per heavy atom. The number of hydrogen-bond acceptors (Lipinski definition) is 4. The molecule has 0 aliphatic heterocycles. The van der Waals surface area contributed by atoms with Crippen LogP contribution in [0.25, 0.3) is 0 Å². The normalized spacial score (nSPS) is 10.2. The Hall–Kier alpha value is -1.68. The number of aliphatic imine (C=N–C) groups is 1. The summed E-state index contributed by atoms with van der Waals surface area (Å²) >= 11 is 0. The second kappa shape index (κ2) is 17.7. The van der Waals surface area contributed by atoms with Crippen LogP contribution in [0.15, 0.2) is 4.99 Å². The molecule has 0 aromatic rings. The summed E-state index contributed by atoms with van der Waals surface area (Å²) in [4.78, 5) is 35.5. The number of urea groups is 1. The van der Waals surface area contributed by atoms with Crippen LogP contribution in [0, 0.1) is 0 Å². The summed E-state index contributed by atoms with van der Waals surface area (Å²) in [6.07, 6.45) is 14.6. The molecule has 6 heteroatoms. The van der Waals surface area contributed by atoms with Crippen LogP contribution in [-0.4, -0.2) is 31.0 Å². The number of nitrogens with two attached hydrogens (primary N) is 1. The Bertz CT molecular complexity index is 380. The zero-order valence-corrected chi connectivity index (χ0v) is 14.9. The van der Waals surface area contributed by atoms with Gasteiger partial charge < -0.3 is 11.1 Å². The number of Topliss-reactive ketones (excluding diaryl/α,β-unsaturated/α-hetero) is 1. The smallest absolute Gasteiger partial charge is 0.312 e. The van der Waals surface area contributed by atoms with Crippen LogP contribution in [-0.2, 0) is 9.59 Å². The number of carbonyl (C=O) groups excluding carboxylic acids is 3. The number of rotatable bonds is 17. The zero-order chi connectivity index (χ0) is 17.9. The van der Waals surface area contributed by atoms with Gasteiger partial charge in [-0.3, -0.25) is 4.79 Å². The van der Waals surface area contributed by atoms with Gasteiger partial charge in [0.25, 0.3) is 0 Å². The second-order valence-electron chi connectivity index (χ2n) is 6.19. The molecule has 0 aromatic heterocycles. The number of ketones is 1. The van der Waals surface area contributed by atoms with Gasteiger partial charge in [-0.1, -0.05) is 44.9 Å². The van der Waals surface area contributed by atoms with Gasteiger partial charge in [0.1, 0.15) is 5.78 Å². The van der Waals surface area contributed by atoms with E-state index >= 15 is 0 Å². The number of isocyanates is 1. The molecule has 0 saturated heterocycles. The average molecular weight is 339 g/mol. The maximum Gasteiger partial charge on any atom is 0.312 e. The first-order valence-electron chi connectivity index (χ1n) is 9.25. The molecular formula is C18H33N3O3. The first kappa shape index (κ1) is 22.3. The number of primary amides is 1. The lowest BCUT2D eigenvalue weighted by Crippen LogP contribution is -2.29. The Kier molecular flexibility index (Phi) is 16.4. The third-order valence-corrected chi connectivity index (χ3v) is 3.97. The lowest BCUT2D eigenvalue weighted by molar-refractivity contribution is -0.119. The third kappa shape index (κ3) is 18.4. The number of unbranched alkanes of at least 4 members (excludes halogenated alkanes) is 9. The number of hydrogen-bond donors (Lipinski definition) is 2. The van der Waals surface area contributed by atoms with E-state index in [2.05, 4.69) is 10.3 Å². The minimum Gasteiger partial charge on any atom is -0.352 e. The molecule has 6 nitrogen and oxygen atoms in total. The minimum atomic E-state index is -0.448. The fourth-order valence-electron chi connectivity index (χ4n) is 2.58. The SMILES string of the molecule is NC(=O)NCCCCCCCCCCC(=O)CCCCCN=C=O. The first-order chi connectivity index (χ1) is 11.7. The first-order valence-corrected chi connectivity index (χ1v) is 9.25. The standard InChI is InChI=1S/C18H33N3O3/c19-18(24)21-15-11-6-4-2-1-3-5-8-12-17(23)13-9-7-10-14-20-16-22/h1-15H2,(H3,19,21,24). The fraction of sp³-hybridized carbons (Fsp3) is 0.833. The highest BCUT2D eigenvalue weighted by Crippen LogP contribution is 2.11. The molecule has 0 aromatic carbocycles. The monoisotopic (exact) mass is 339 g/mol. The summed E-state index contributed by atoms with van der Waals surface area (Å²) < 4.78 is 0. The molecule has 24 heavy (non-hydrogen) atoms. The fourth-order valence-corrected chi connectivity index (χ4v) is 2.58. The van der Waals surface area contributed by atoms with Crippen LogP contribution in [0.2, 0.25) is 0 Å². The van der Waals surface area contributed by atoms with E-state index in [9.17, 15) is 14.4 Å². The van der Waals surface area contributed by atoms with Crippen molar-refractivity contribution in [1.29, 1.82) is 0 Å². The van der Waals surface area contributed by atoms with E-state index in [1.54, 1.807) is 0 Å². The molecular weight excluding hydrogens is 306 g/mol. The van der Waals surface area contributed by atoms with E-state index in [0.29, 0.717) is 31.7 Å². The van der Waals surface area contributed by atoms with Gasteiger partial charge in [-0.25, -0.2) is 14.6 Å². The van der Waals surface area contributed by atoms with Gasteiger partial charge in [0, 0.05) is 19.4 Å². The quantitative estimate of drug-likeness (QED) is 0.240. The van der Waals surface area contributed by atoms with Crippen LogP contribution >= 0.6 is 0 Å². The van der Waals surface area contributed by atoms with Crippen LogP contribution in [0.3, 0.4) is 0 Å². The van der Waals surface area contributed by atoms with Gasteiger partial charge in [-0.05, 0) is 25.7 Å². The predicted octanol–water partition coefficient (Wildman–Crippen LogP) is 3.63. The van der Waals surface area contributed by atoms with Gasteiger partial charge in [0.05, 0.1) is 6.54 Å². The Labute approximate surface area is 145 Å². The summed E-state index contributed by atoms with van der Waals surface area (Å²) in [6.45, 7) is 1.20. The van der Waals surface area contributed by atoms with Gasteiger partial charge in [0.15, 0.2) is 0 Å². The van der Waals surface area contributed by atoms with Crippen LogP contribution < -0.4 is 11.1 Å².